The molecule has 2 heterocycles. The molecule has 2 fully saturated rings. The first-order valence-electron chi connectivity index (χ1n) is 4.17. The third-order valence-electron chi connectivity index (χ3n) is 3.91. The molecular formula is C9H14NP. The Kier molecular flexibility index (Phi) is 1.24. The van der Waals surface area contributed by atoms with E-state index in [1.54, 1.807) is 0 Å². The van der Waals surface area contributed by atoms with Crippen molar-refractivity contribution in [1.82, 2.24) is 0 Å². The van der Waals surface area contributed by atoms with Gasteiger partial charge in [0.2, 0.25) is 0 Å². The average molecular weight is 167 g/mol. The van der Waals surface area contributed by atoms with Crippen molar-refractivity contribution in [1.29, 1.82) is 5.26 Å². The minimum absolute atomic E-state index is 0.264. The lowest BCUT2D eigenvalue weighted by atomic mass is 9.72. The number of fused-ring (bicyclic) bond motifs is 1. The summed E-state index contributed by atoms with van der Waals surface area (Å²) in [5.74, 6) is 0.340. The molecule has 2 rings (SSSR count). The Morgan fingerprint density at radius 2 is 2.09 bits per heavy atom. The lowest BCUT2D eigenvalue weighted by Crippen LogP contribution is -2.33. The molecule has 2 saturated heterocycles. The number of nitriles is 1. The van der Waals surface area contributed by atoms with Crippen LogP contribution >= 0.6 is 7.92 Å². The van der Waals surface area contributed by atoms with E-state index in [0.717, 1.165) is 0 Å². The van der Waals surface area contributed by atoms with Gasteiger partial charge in [-0.3, -0.25) is 0 Å². The highest BCUT2D eigenvalue weighted by molar-refractivity contribution is 7.68. The summed E-state index contributed by atoms with van der Waals surface area (Å²) in [7, 11) is 0.264. The minimum atomic E-state index is 0.264. The van der Waals surface area contributed by atoms with E-state index in [-0.39, 0.29) is 7.92 Å². The molecule has 2 heteroatoms. The Bertz CT molecular complexity index is 240. The van der Waals surface area contributed by atoms with E-state index in [2.05, 4.69) is 26.8 Å². The van der Waals surface area contributed by atoms with E-state index < -0.39 is 0 Å². The summed E-state index contributed by atoms with van der Waals surface area (Å²) in [6.45, 7) is 6.92. The van der Waals surface area contributed by atoms with Crippen LogP contribution in [0.5, 0.6) is 0 Å². The molecule has 0 aliphatic carbocycles. The van der Waals surface area contributed by atoms with Crippen LogP contribution in [0.2, 0.25) is 0 Å². The van der Waals surface area contributed by atoms with Crippen LogP contribution in [-0.2, 0) is 0 Å². The molecule has 0 aromatic heterocycles. The number of hydrogen-bond donors (Lipinski definition) is 0. The minimum Gasteiger partial charge on any atom is -0.198 e. The average Bonchev–Trinajstić information content (AvgIpc) is 2.53. The summed E-state index contributed by atoms with van der Waals surface area (Å²) in [4.78, 5) is 0. The molecule has 3 unspecified atom stereocenters. The van der Waals surface area contributed by atoms with Crippen molar-refractivity contribution in [2.75, 3.05) is 12.3 Å². The molecule has 0 N–H and O–H groups in total. The Hall–Kier alpha value is -0.0800. The molecule has 3 atom stereocenters. The lowest BCUT2D eigenvalue weighted by molar-refractivity contribution is 0.256. The van der Waals surface area contributed by atoms with Gasteiger partial charge in [0.1, 0.15) is 0 Å². The quantitative estimate of drug-likeness (QED) is 0.508. The van der Waals surface area contributed by atoms with Crippen molar-refractivity contribution in [2.24, 2.45) is 11.3 Å². The zero-order valence-electron chi connectivity index (χ0n) is 7.39. The largest absolute Gasteiger partial charge is 0.198 e. The van der Waals surface area contributed by atoms with Gasteiger partial charge in [0.15, 0.2) is 0 Å². The molecule has 0 spiro atoms. The van der Waals surface area contributed by atoms with Crippen molar-refractivity contribution >= 4 is 7.92 Å². The van der Waals surface area contributed by atoms with Gasteiger partial charge in [-0.1, -0.05) is 28.7 Å². The fraction of sp³-hybridized carbons (Fsp3) is 0.889. The van der Waals surface area contributed by atoms with Gasteiger partial charge in [-0.25, -0.2) is 0 Å². The van der Waals surface area contributed by atoms with Crippen molar-refractivity contribution in [2.45, 2.75) is 25.9 Å². The summed E-state index contributed by atoms with van der Waals surface area (Å²) >= 11 is 0. The van der Waals surface area contributed by atoms with Crippen LogP contribution in [0.3, 0.4) is 0 Å². The standard InChI is InChI=1S/C9H14NP/c1-8(2)7(4-10)5-11-6-9(8,11)3/h7H,5-6H2,1-3H3. The normalized spacial score (nSPS) is 51.5. The van der Waals surface area contributed by atoms with Gasteiger partial charge in [-0.2, -0.15) is 5.26 Å². The Morgan fingerprint density at radius 3 is 2.36 bits per heavy atom. The first-order valence-corrected chi connectivity index (χ1v) is 5.88. The molecule has 2 aliphatic heterocycles. The van der Waals surface area contributed by atoms with Gasteiger partial charge >= 0.3 is 0 Å². The van der Waals surface area contributed by atoms with E-state index >= 15 is 0 Å². The van der Waals surface area contributed by atoms with Crippen molar-refractivity contribution in [3.63, 3.8) is 0 Å². The highest BCUT2D eigenvalue weighted by Gasteiger charge is 2.67. The Labute approximate surface area is 69.5 Å². The van der Waals surface area contributed by atoms with Crippen LogP contribution in [0.4, 0.5) is 0 Å². The lowest BCUT2D eigenvalue weighted by Gasteiger charge is -2.30. The molecule has 2 aliphatic rings. The van der Waals surface area contributed by atoms with Gasteiger partial charge < -0.3 is 0 Å². The summed E-state index contributed by atoms with van der Waals surface area (Å²) in [5, 5.41) is 9.49. The summed E-state index contributed by atoms with van der Waals surface area (Å²) < 4.78 is 0. The number of rotatable bonds is 0. The van der Waals surface area contributed by atoms with E-state index in [9.17, 15) is 0 Å². The summed E-state index contributed by atoms with van der Waals surface area (Å²) in [6.07, 6.45) is 2.64. The Balaban J connectivity index is 2.32. The molecule has 1 nitrogen and oxygen atoms in total. The predicted molar refractivity (Wildman–Crippen MR) is 47.9 cm³/mol. The van der Waals surface area contributed by atoms with E-state index in [1.807, 2.05) is 0 Å². The predicted octanol–water partition coefficient (Wildman–Crippen LogP) is 2.42. The van der Waals surface area contributed by atoms with E-state index in [1.165, 1.54) is 12.3 Å². The van der Waals surface area contributed by atoms with Gasteiger partial charge in [0.25, 0.3) is 0 Å². The van der Waals surface area contributed by atoms with Crippen LogP contribution in [0.25, 0.3) is 0 Å². The maximum Gasteiger partial charge on any atom is 0.0665 e. The molecule has 0 saturated carbocycles. The van der Waals surface area contributed by atoms with Crippen molar-refractivity contribution in [3.05, 3.63) is 0 Å². The number of hydrogen-bond acceptors (Lipinski definition) is 1. The van der Waals surface area contributed by atoms with Crippen LogP contribution in [-0.4, -0.2) is 17.5 Å². The van der Waals surface area contributed by atoms with Crippen molar-refractivity contribution in [3.8, 4) is 6.07 Å². The van der Waals surface area contributed by atoms with Crippen molar-refractivity contribution < 1.29 is 0 Å². The fourth-order valence-electron chi connectivity index (χ4n) is 2.24. The molecule has 0 aromatic rings. The second-order valence-electron chi connectivity index (χ2n) is 4.56. The molecule has 0 amide bonds. The van der Waals surface area contributed by atoms with E-state index in [0.29, 0.717) is 16.5 Å². The maximum absolute atomic E-state index is 8.91. The van der Waals surface area contributed by atoms with Crippen LogP contribution < -0.4 is 0 Å². The third-order valence-corrected chi connectivity index (χ3v) is 7.48. The van der Waals surface area contributed by atoms with E-state index in [4.69, 9.17) is 5.26 Å². The molecule has 0 bridgehead atoms. The molecule has 0 aromatic carbocycles. The topological polar surface area (TPSA) is 23.8 Å². The summed E-state index contributed by atoms with van der Waals surface area (Å²) in [5.41, 5.74) is 0.299. The second-order valence-corrected chi connectivity index (χ2v) is 7.31. The molecule has 0 radical (unpaired) electrons. The highest BCUT2D eigenvalue weighted by Crippen LogP contribution is 2.82. The first kappa shape index (κ1) is 7.56. The highest BCUT2D eigenvalue weighted by atomic mass is 31.1. The van der Waals surface area contributed by atoms with Gasteiger partial charge in [-0.05, 0) is 22.9 Å². The Morgan fingerprint density at radius 1 is 1.45 bits per heavy atom. The van der Waals surface area contributed by atoms with Crippen LogP contribution in [0.15, 0.2) is 0 Å². The van der Waals surface area contributed by atoms with Gasteiger partial charge in [0, 0.05) is 0 Å². The monoisotopic (exact) mass is 167 g/mol. The zero-order valence-corrected chi connectivity index (χ0v) is 8.28. The van der Waals surface area contributed by atoms with Gasteiger partial charge in [-0.15, -0.1) is 0 Å². The van der Waals surface area contributed by atoms with Crippen LogP contribution in [0, 0.1) is 22.7 Å². The SMILES string of the molecule is CC1(C)C(C#N)CP2CC21C. The van der Waals surface area contributed by atoms with Gasteiger partial charge in [0.05, 0.1) is 12.0 Å². The molecule has 60 valence electrons. The zero-order chi connectivity index (χ0) is 8.28. The van der Waals surface area contributed by atoms with Crippen LogP contribution in [0.1, 0.15) is 20.8 Å². The molecule has 11 heavy (non-hydrogen) atoms. The third kappa shape index (κ3) is 0.695. The smallest absolute Gasteiger partial charge is 0.0665 e. The molecular weight excluding hydrogens is 153 g/mol. The fourth-order valence-corrected chi connectivity index (χ4v) is 6.10. The second kappa shape index (κ2) is 1.80. The number of nitrogens with zero attached hydrogens (tertiary/aromatic N) is 1. The summed E-state index contributed by atoms with van der Waals surface area (Å²) in [6, 6.07) is 2.46. The first-order chi connectivity index (χ1) is 5.02. The maximum atomic E-state index is 8.91.